The molecule has 84 valence electrons. The number of nitrogens with one attached hydrogen (secondary N) is 1. The zero-order valence-corrected chi connectivity index (χ0v) is 9.34. The minimum absolute atomic E-state index is 0.291. The molecule has 1 saturated heterocycles. The van der Waals surface area contributed by atoms with Crippen LogP contribution < -0.4 is 5.32 Å². The van der Waals surface area contributed by atoms with Gasteiger partial charge in [-0.15, -0.1) is 0 Å². The molecule has 2 N–H and O–H groups in total. The third-order valence-corrected chi connectivity index (χ3v) is 3.06. The predicted molar refractivity (Wildman–Crippen MR) is 59.5 cm³/mol. The van der Waals surface area contributed by atoms with Crippen LogP contribution in [0.1, 0.15) is 32.1 Å². The SMILES string of the molecule is CNC(CCO)CN1CCCCCC1. The normalized spacial score (nSPS) is 21.9. The van der Waals surface area contributed by atoms with Crippen molar-refractivity contribution in [3.8, 4) is 0 Å². The zero-order chi connectivity index (χ0) is 10.2. The average Bonchev–Trinajstić information content (AvgIpc) is 2.45. The number of hydrogen-bond donors (Lipinski definition) is 2. The van der Waals surface area contributed by atoms with Crippen LogP contribution >= 0.6 is 0 Å². The molecule has 3 nitrogen and oxygen atoms in total. The van der Waals surface area contributed by atoms with E-state index in [2.05, 4.69) is 10.2 Å². The van der Waals surface area contributed by atoms with Gasteiger partial charge < -0.3 is 15.3 Å². The van der Waals surface area contributed by atoms with Gasteiger partial charge >= 0.3 is 0 Å². The van der Waals surface area contributed by atoms with E-state index in [-0.39, 0.29) is 0 Å². The van der Waals surface area contributed by atoms with Crippen LogP contribution in [0.25, 0.3) is 0 Å². The van der Waals surface area contributed by atoms with Gasteiger partial charge in [0, 0.05) is 19.2 Å². The van der Waals surface area contributed by atoms with Crippen molar-refractivity contribution in [2.45, 2.75) is 38.1 Å². The number of rotatable bonds is 5. The Labute approximate surface area is 87.5 Å². The molecule has 1 heterocycles. The van der Waals surface area contributed by atoms with Crippen LogP contribution in [0.15, 0.2) is 0 Å². The van der Waals surface area contributed by atoms with Gasteiger partial charge in [0.15, 0.2) is 0 Å². The Balaban J connectivity index is 2.24. The van der Waals surface area contributed by atoms with E-state index in [4.69, 9.17) is 5.11 Å². The van der Waals surface area contributed by atoms with Crippen LogP contribution in [-0.2, 0) is 0 Å². The summed E-state index contributed by atoms with van der Waals surface area (Å²) in [6, 6.07) is 0.457. The molecule has 0 bridgehead atoms. The molecule has 0 aromatic rings. The summed E-state index contributed by atoms with van der Waals surface area (Å²) in [6.45, 7) is 3.86. The standard InChI is InChI=1S/C11H24N2O/c1-12-11(6-9-14)10-13-7-4-2-3-5-8-13/h11-12,14H,2-10H2,1H3. The van der Waals surface area contributed by atoms with Gasteiger partial charge in [-0.2, -0.15) is 0 Å². The number of aliphatic hydroxyl groups excluding tert-OH is 1. The topological polar surface area (TPSA) is 35.5 Å². The summed E-state index contributed by atoms with van der Waals surface area (Å²) in [5, 5.41) is 12.2. The van der Waals surface area contributed by atoms with Crippen LogP contribution in [0.3, 0.4) is 0 Å². The van der Waals surface area contributed by atoms with Crippen molar-refractivity contribution in [1.82, 2.24) is 10.2 Å². The van der Waals surface area contributed by atoms with Gasteiger partial charge in [-0.25, -0.2) is 0 Å². The quantitative estimate of drug-likeness (QED) is 0.690. The van der Waals surface area contributed by atoms with Crippen molar-refractivity contribution >= 4 is 0 Å². The molecule has 3 heteroatoms. The number of hydrogen-bond acceptors (Lipinski definition) is 3. The maximum absolute atomic E-state index is 8.89. The molecule has 1 aliphatic heterocycles. The fraction of sp³-hybridized carbons (Fsp3) is 1.00. The molecule has 0 aromatic carbocycles. The van der Waals surface area contributed by atoms with Gasteiger partial charge in [0.05, 0.1) is 0 Å². The molecule has 1 atom stereocenters. The lowest BCUT2D eigenvalue weighted by molar-refractivity contribution is 0.216. The Kier molecular flexibility index (Phi) is 6.15. The first-order chi connectivity index (χ1) is 6.86. The highest BCUT2D eigenvalue weighted by Crippen LogP contribution is 2.10. The summed E-state index contributed by atoms with van der Waals surface area (Å²) in [4.78, 5) is 2.53. The molecule has 0 amide bonds. The van der Waals surface area contributed by atoms with Gasteiger partial charge in [-0.05, 0) is 39.4 Å². The summed E-state index contributed by atoms with van der Waals surface area (Å²) in [5.41, 5.74) is 0. The van der Waals surface area contributed by atoms with Crippen molar-refractivity contribution in [2.75, 3.05) is 33.3 Å². The van der Waals surface area contributed by atoms with E-state index in [1.54, 1.807) is 0 Å². The first-order valence-electron chi connectivity index (χ1n) is 5.87. The van der Waals surface area contributed by atoms with Crippen LogP contribution in [0.4, 0.5) is 0 Å². The molecule has 0 radical (unpaired) electrons. The lowest BCUT2D eigenvalue weighted by atomic mass is 10.2. The predicted octanol–water partition coefficient (Wildman–Crippen LogP) is 0.833. The van der Waals surface area contributed by atoms with E-state index in [0.29, 0.717) is 12.6 Å². The van der Waals surface area contributed by atoms with Crippen LogP contribution in [0.5, 0.6) is 0 Å². The molecule has 0 aromatic heterocycles. The Morgan fingerprint density at radius 3 is 2.36 bits per heavy atom. The Bertz CT molecular complexity index is 133. The second kappa shape index (κ2) is 7.21. The number of nitrogens with zero attached hydrogens (tertiary/aromatic N) is 1. The van der Waals surface area contributed by atoms with Crippen molar-refractivity contribution < 1.29 is 5.11 Å². The van der Waals surface area contributed by atoms with Crippen molar-refractivity contribution in [2.24, 2.45) is 0 Å². The minimum Gasteiger partial charge on any atom is -0.396 e. The van der Waals surface area contributed by atoms with Crippen molar-refractivity contribution in [1.29, 1.82) is 0 Å². The molecule has 0 aliphatic carbocycles. The maximum atomic E-state index is 8.89. The summed E-state index contributed by atoms with van der Waals surface area (Å²) in [7, 11) is 1.98. The Morgan fingerprint density at radius 1 is 1.21 bits per heavy atom. The third-order valence-electron chi connectivity index (χ3n) is 3.06. The first-order valence-corrected chi connectivity index (χ1v) is 5.87. The Hall–Kier alpha value is -0.120. The van der Waals surface area contributed by atoms with E-state index in [0.717, 1.165) is 13.0 Å². The zero-order valence-electron chi connectivity index (χ0n) is 9.34. The van der Waals surface area contributed by atoms with Crippen molar-refractivity contribution in [3.63, 3.8) is 0 Å². The molecule has 1 fully saturated rings. The smallest absolute Gasteiger partial charge is 0.0446 e. The molecule has 1 rings (SSSR count). The number of likely N-dealkylation sites (tertiary alicyclic amines) is 1. The highest BCUT2D eigenvalue weighted by atomic mass is 16.3. The van der Waals surface area contributed by atoms with Crippen molar-refractivity contribution in [3.05, 3.63) is 0 Å². The highest BCUT2D eigenvalue weighted by Gasteiger charge is 2.13. The molecular weight excluding hydrogens is 176 g/mol. The lowest BCUT2D eigenvalue weighted by Gasteiger charge is -2.25. The second-order valence-electron chi connectivity index (χ2n) is 4.21. The van der Waals surface area contributed by atoms with E-state index >= 15 is 0 Å². The van der Waals surface area contributed by atoms with E-state index in [1.807, 2.05) is 7.05 Å². The molecule has 1 aliphatic rings. The monoisotopic (exact) mass is 200 g/mol. The largest absolute Gasteiger partial charge is 0.396 e. The van der Waals surface area contributed by atoms with Crippen LogP contribution in [0.2, 0.25) is 0 Å². The average molecular weight is 200 g/mol. The summed E-state index contributed by atoms with van der Waals surface area (Å²) < 4.78 is 0. The summed E-state index contributed by atoms with van der Waals surface area (Å²) in [6.07, 6.45) is 6.33. The first kappa shape index (κ1) is 12.0. The van der Waals surface area contributed by atoms with E-state index < -0.39 is 0 Å². The molecule has 0 saturated carbocycles. The van der Waals surface area contributed by atoms with Gasteiger partial charge in [0.1, 0.15) is 0 Å². The number of aliphatic hydroxyl groups is 1. The fourth-order valence-corrected chi connectivity index (χ4v) is 2.11. The van der Waals surface area contributed by atoms with Gasteiger partial charge in [0.25, 0.3) is 0 Å². The van der Waals surface area contributed by atoms with Gasteiger partial charge in [0.2, 0.25) is 0 Å². The van der Waals surface area contributed by atoms with Crippen LogP contribution in [-0.4, -0.2) is 49.3 Å². The maximum Gasteiger partial charge on any atom is 0.0446 e. The van der Waals surface area contributed by atoms with Gasteiger partial charge in [-0.3, -0.25) is 0 Å². The molecule has 1 unspecified atom stereocenters. The fourth-order valence-electron chi connectivity index (χ4n) is 2.11. The van der Waals surface area contributed by atoms with E-state index in [1.165, 1.54) is 38.8 Å². The molecular formula is C11H24N2O. The highest BCUT2D eigenvalue weighted by molar-refractivity contribution is 4.72. The van der Waals surface area contributed by atoms with Gasteiger partial charge in [-0.1, -0.05) is 12.8 Å². The Morgan fingerprint density at radius 2 is 1.86 bits per heavy atom. The van der Waals surface area contributed by atoms with E-state index in [9.17, 15) is 0 Å². The lowest BCUT2D eigenvalue weighted by Crippen LogP contribution is -2.40. The molecule has 0 spiro atoms. The molecule has 14 heavy (non-hydrogen) atoms. The van der Waals surface area contributed by atoms with Crippen LogP contribution in [0, 0.1) is 0 Å². The second-order valence-corrected chi connectivity index (χ2v) is 4.21. The summed E-state index contributed by atoms with van der Waals surface area (Å²) >= 11 is 0. The third kappa shape index (κ3) is 4.40. The summed E-state index contributed by atoms with van der Waals surface area (Å²) in [5.74, 6) is 0. The minimum atomic E-state index is 0.291. The number of likely N-dealkylation sites (N-methyl/N-ethyl adjacent to an activating group) is 1.